The van der Waals surface area contributed by atoms with Gasteiger partial charge in [-0.05, 0) is 18.2 Å². The number of amides is 1. The number of carboxylic acids is 1. The molecule has 10 heteroatoms. The number of carbonyl (C=O) groups is 2. The number of aromatic carboxylic acids is 1. The van der Waals surface area contributed by atoms with Crippen LogP contribution in [0.25, 0.3) is 0 Å². The Morgan fingerprint density at radius 1 is 1.15 bits per heavy atom. The molecule has 0 saturated heterocycles. The number of rotatable bonds is 3. The Labute approximate surface area is 113 Å². The van der Waals surface area contributed by atoms with Crippen LogP contribution >= 0.6 is 11.6 Å². The van der Waals surface area contributed by atoms with E-state index in [4.69, 9.17) is 16.7 Å². The normalized spacial score (nSPS) is 12.1. The first-order chi connectivity index (χ1) is 8.96. The lowest BCUT2D eigenvalue weighted by atomic mass is 10.2. The topological polar surface area (TPSA) is 66.4 Å². The van der Waals surface area contributed by atoms with Crippen molar-refractivity contribution in [2.75, 3.05) is 5.32 Å². The second-order valence-electron chi connectivity index (χ2n) is 3.53. The number of halogens is 6. The fourth-order valence-electron chi connectivity index (χ4n) is 1.11. The lowest BCUT2D eigenvalue weighted by molar-refractivity contribution is -0.267. The number of benzene rings is 1. The number of alkyl halides is 5. The molecule has 1 amide bonds. The van der Waals surface area contributed by atoms with E-state index in [0.29, 0.717) is 6.07 Å². The molecule has 0 unspecified atom stereocenters. The number of hydrogen-bond donors (Lipinski definition) is 2. The quantitative estimate of drug-likeness (QED) is 0.841. The molecule has 0 heterocycles. The van der Waals surface area contributed by atoms with E-state index >= 15 is 0 Å². The highest BCUT2D eigenvalue weighted by molar-refractivity contribution is 6.33. The van der Waals surface area contributed by atoms with Crippen LogP contribution in [0.4, 0.5) is 27.6 Å². The highest BCUT2D eigenvalue weighted by Gasteiger charge is 2.63. The Morgan fingerprint density at radius 2 is 1.70 bits per heavy atom. The first kappa shape index (κ1) is 16.2. The lowest BCUT2D eigenvalue weighted by Gasteiger charge is -2.18. The molecule has 0 fully saturated rings. The third-order valence-electron chi connectivity index (χ3n) is 2.10. The lowest BCUT2D eigenvalue weighted by Crippen LogP contribution is -2.47. The molecule has 2 N–H and O–H groups in total. The molecular formula is C10H5ClF5NO3. The standard InChI is InChI=1S/C10H5ClF5NO3/c11-6-2-1-4(3-5(6)7(18)19)17-8(20)9(12,13)10(14,15)16/h1-3H,(H,17,20)(H,18,19). The third kappa shape index (κ3) is 3.16. The van der Waals surface area contributed by atoms with Crippen LogP contribution in [-0.4, -0.2) is 29.1 Å². The Morgan fingerprint density at radius 3 is 2.15 bits per heavy atom. The Hall–Kier alpha value is -1.90. The summed E-state index contributed by atoms with van der Waals surface area (Å²) in [5.41, 5.74) is -1.11. The molecule has 1 aromatic rings. The molecule has 0 aliphatic heterocycles. The van der Waals surface area contributed by atoms with Gasteiger partial charge in [0.15, 0.2) is 0 Å². The van der Waals surface area contributed by atoms with Crippen molar-refractivity contribution in [1.29, 1.82) is 0 Å². The van der Waals surface area contributed by atoms with Crippen molar-refractivity contribution >= 4 is 29.2 Å². The minimum absolute atomic E-state index is 0.266. The third-order valence-corrected chi connectivity index (χ3v) is 2.43. The molecule has 0 radical (unpaired) electrons. The number of carboxylic acid groups (broad SMARTS) is 1. The summed E-state index contributed by atoms with van der Waals surface area (Å²) in [7, 11) is 0. The monoisotopic (exact) mass is 317 g/mol. The summed E-state index contributed by atoms with van der Waals surface area (Å²) in [5.74, 6) is -9.76. The maximum absolute atomic E-state index is 12.7. The van der Waals surface area contributed by atoms with Crippen LogP contribution in [0, 0.1) is 0 Å². The highest BCUT2D eigenvalue weighted by atomic mass is 35.5. The summed E-state index contributed by atoms with van der Waals surface area (Å²) in [6.07, 6.45) is -6.06. The number of anilines is 1. The molecule has 110 valence electrons. The van der Waals surface area contributed by atoms with Gasteiger partial charge in [-0.25, -0.2) is 4.79 Å². The predicted molar refractivity (Wildman–Crippen MR) is 58.0 cm³/mol. The molecule has 0 bridgehead atoms. The van der Waals surface area contributed by atoms with Gasteiger partial charge >= 0.3 is 24.0 Å². The van der Waals surface area contributed by atoms with Crippen LogP contribution in [0.2, 0.25) is 5.02 Å². The zero-order valence-corrected chi connectivity index (χ0v) is 10.0. The highest BCUT2D eigenvalue weighted by Crippen LogP contribution is 2.36. The summed E-state index contributed by atoms with van der Waals surface area (Å²) in [6, 6.07) is 2.49. The fraction of sp³-hybridized carbons (Fsp3) is 0.200. The van der Waals surface area contributed by atoms with Crippen LogP contribution in [0.5, 0.6) is 0 Å². The molecule has 0 aliphatic carbocycles. The number of hydrogen-bond acceptors (Lipinski definition) is 2. The van der Waals surface area contributed by atoms with Gasteiger partial charge in [-0.1, -0.05) is 11.6 Å². The molecule has 0 spiro atoms. The van der Waals surface area contributed by atoms with Crippen molar-refractivity contribution in [1.82, 2.24) is 0 Å². The number of nitrogens with one attached hydrogen (secondary N) is 1. The van der Waals surface area contributed by atoms with Gasteiger partial charge in [0.1, 0.15) is 0 Å². The van der Waals surface area contributed by atoms with E-state index in [-0.39, 0.29) is 5.02 Å². The molecular weight excluding hydrogens is 313 g/mol. The van der Waals surface area contributed by atoms with Gasteiger partial charge < -0.3 is 10.4 Å². The zero-order chi connectivity index (χ0) is 15.7. The largest absolute Gasteiger partial charge is 0.478 e. The molecule has 0 aliphatic rings. The van der Waals surface area contributed by atoms with Crippen LogP contribution in [0.3, 0.4) is 0 Å². The van der Waals surface area contributed by atoms with Crippen molar-refractivity contribution in [3.05, 3.63) is 28.8 Å². The van der Waals surface area contributed by atoms with Crippen LogP contribution < -0.4 is 5.32 Å². The van der Waals surface area contributed by atoms with Gasteiger partial charge in [0, 0.05) is 5.69 Å². The summed E-state index contributed by atoms with van der Waals surface area (Å²) in [4.78, 5) is 21.6. The van der Waals surface area contributed by atoms with E-state index < -0.39 is 35.2 Å². The molecule has 0 saturated carbocycles. The van der Waals surface area contributed by atoms with E-state index in [9.17, 15) is 31.5 Å². The zero-order valence-electron chi connectivity index (χ0n) is 9.26. The summed E-state index contributed by atoms with van der Waals surface area (Å²) >= 11 is 5.47. The second kappa shape index (κ2) is 5.23. The van der Waals surface area contributed by atoms with Gasteiger partial charge in [-0.3, -0.25) is 4.79 Å². The first-order valence-corrected chi connectivity index (χ1v) is 5.13. The molecule has 0 atom stereocenters. The van der Waals surface area contributed by atoms with E-state index in [1.165, 1.54) is 5.32 Å². The van der Waals surface area contributed by atoms with E-state index in [2.05, 4.69) is 0 Å². The van der Waals surface area contributed by atoms with Crippen molar-refractivity contribution in [2.45, 2.75) is 12.1 Å². The maximum Gasteiger partial charge on any atom is 0.463 e. The predicted octanol–water partition coefficient (Wildman–Crippen LogP) is 3.17. The summed E-state index contributed by atoms with van der Waals surface area (Å²) in [5, 5.41) is 9.70. The van der Waals surface area contributed by atoms with Crippen molar-refractivity contribution < 1.29 is 36.6 Å². The Balaban J connectivity index is 3.03. The average molecular weight is 318 g/mol. The van der Waals surface area contributed by atoms with Gasteiger partial charge in [-0.15, -0.1) is 0 Å². The van der Waals surface area contributed by atoms with Crippen molar-refractivity contribution in [2.24, 2.45) is 0 Å². The average Bonchev–Trinajstić information content (AvgIpc) is 2.29. The van der Waals surface area contributed by atoms with Crippen molar-refractivity contribution in [3.63, 3.8) is 0 Å². The number of carbonyl (C=O) groups excluding carboxylic acids is 1. The molecule has 0 aromatic heterocycles. The first-order valence-electron chi connectivity index (χ1n) is 4.75. The summed E-state index contributed by atoms with van der Waals surface area (Å²) in [6.45, 7) is 0. The van der Waals surface area contributed by atoms with Crippen LogP contribution in [0.1, 0.15) is 10.4 Å². The minimum Gasteiger partial charge on any atom is -0.478 e. The van der Waals surface area contributed by atoms with E-state index in [1.807, 2.05) is 0 Å². The second-order valence-corrected chi connectivity index (χ2v) is 3.93. The van der Waals surface area contributed by atoms with Gasteiger partial charge in [0.25, 0.3) is 0 Å². The van der Waals surface area contributed by atoms with Gasteiger partial charge in [-0.2, -0.15) is 22.0 Å². The SMILES string of the molecule is O=C(O)c1cc(NC(=O)C(F)(F)C(F)(F)F)ccc1Cl. The molecule has 1 rings (SSSR count). The maximum atomic E-state index is 12.7. The molecule has 4 nitrogen and oxygen atoms in total. The van der Waals surface area contributed by atoms with Gasteiger partial charge in [0.2, 0.25) is 0 Å². The summed E-state index contributed by atoms with van der Waals surface area (Å²) < 4.78 is 61.1. The van der Waals surface area contributed by atoms with Gasteiger partial charge in [0.05, 0.1) is 10.6 Å². The molecule has 20 heavy (non-hydrogen) atoms. The Bertz CT molecular complexity index is 558. The fourth-order valence-corrected chi connectivity index (χ4v) is 1.30. The van der Waals surface area contributed by atoms with E-state index in [0.717, 1.165) is 12.1 Å². The molecule has 1 aromatic carbocycles. The van der Waals surface area contributed by atoms with E-state index in [1.54, 1.807) is 0 Å². The minimum atomic E-state index is -6.06. The Kier molecular flexibility index (Phi) is 4.23. The van der Waals surface area contributed by atoms with Crippen LogP contribution in [0.15, 0.2) is 18.2 Å². The smallest absolute Gasteiger partial charge is 0.463 e. The van der Waals surface area contributed by atoms with Crippen LogP contribution in [-0.2, 0) is 4.79 Å². The van der Waals surface area contributed by atoms with Crippen molar-refractivity contribution in [3.8, 4) is 0 Å².